The third kappa shape index (κ3) is 4.47. The second-order valence-electron chi connectivity index (χ2n) is 7.39. The zero-order chi connectivity index (χ0) is 21.2. The first kappa shape index (κ1) is 20.6. The number of pyridine rings is 1. The van der Waals surface area contributed by atoms with Crippen LogP contribution in [0.25, 0.3) is 5.82 Å². The van der Waals surface area contributed by atoms with Crippen molar-refractivity contribution in [2.24, 2.45) is 0 Å². The van der Waals surface area contributed by atoms with E-state index in [1.807, 2.05) is 44.2 Å². The fourth-order valence-electron chi connectivity index (χ4n) is 2.93. The number of benzene rings is 1. The zero-order valence-corrected chi connectivity index (χ0v) is 16.3. The van der Waals surface area contributed by atoms with Gasteiger partial charge in [0.15, 0.2) is 5.82 Å². The van der Waals surface area contributed by atoms with E-state index in [1.54, 1.807) is 6.92 Å². The number of rotatable bonds is 5. The highest BCUT2D eigenvalue weighted by Crippen LogP contribution is 2.29. The molecule has 0 aliphatic rings. The smallest absolute Gasteiger partial charge is 0.351 e. The first-order chi connectivity index (χ1) is 13.6. The van der Waals surface area contributed by atoms with E-state index in [0.717, 1.165) is 17.8 Å². The van der Waals surface area contributed by atoms with Gasteiger partial charge in [-0.25, -0.2) is 9.67 Å². The molecule has 1 amide bonds. The van der Waals surface area contributed by atoms with Crippen molar-refractivity contribution in [3.05, 3.63) is 77.2 Å². The molecule has 3 rings (SSSR count). The fraction of sp³-hybridized carbons (Fsp3) is 0.286. The molecule has 29 heavy (non-hydrogen) atoms. The molecule has 152 valence electrons. The summed E-state index contributed by atoms with van der Waals surface area (Å²) in [7, 11) is 0. The molecule has 0 saturated carbocycles. The highest BCUT2D eigenvalue weighted by Gasteiger charge is 2.31. The van der Waals surface area contributed by atoms with E-state index in [-0.39, 0.29) is 17.1 Å². The highest BCUT2D eigenvalue weighted by molar-refractivity contribution is 5.95. The Hall–Kier alpha value is -3.16. The summed E-state index contributed by atoms with van der Waals surface area (Å²) in [5.41, 5.74) is 0.826. The predicted molar refractivity (Wildman–Crippen MR) is 103 cm³/mol. The maximum atomic E-state index is 12.7. The number of carbonyl (C=O) groups is 1. The van der Waals surface area contributed by atoms with Crippen molar-refractivity contribution >= 4 is 5.91 Å². The zero-order valence-electron chi connectivity index (χ0n) is 16.3. The Morgan fingerprint density at radius 2 is 1.72 bits per heavy atom. The van der Waals surface area contributed by atoms with Gasteiger partial charge in [-0.05, 0) is 24.6 Å². The van der Waals surface area contributed by atoms with Crippen LogP contribution in [0.15, 0.2) is 54.9 Å². The van der Waals surface area contributed by atoms with Gasteiger partial charge in [0.25, 0.3) is 5.91 Å². The molecule has 2 heterocycles. The molecule has 0 aliphatic carbocycles. The van der Waals surface area contributed by atoms with Crippen LogP contribution in [-0.4, -0.2) is 27.2 Å². The lowest BCUT2D eigenvalue weighted by atomic mass is 9.84. The van der Waals surface area contributed by atoms with E-state index < -0.39 is 11.7 Å². The van der Waals surface area contributed by atoms with Crippen LogP contribution in [0.5, 0.6) is 0 Å². The molecule has 1 aromatic carbocycles. The van der Waals surface area contributed by atoms with Crippen molar-refractivity contribution in [3.63, 3.8) is 0 Å². The minimum Gasteiger partial charge on any atom is -0.351 e. The van der Waals surface area contributed by atoms with Crippen LogP contribution in [0.3, 0.4) is 0 Å². The normalized spacial score (nSPS) is 12.1. The van der Waals surface area contributed by atoms with Crippen LogP contribution in [0.4, 0.5) is 13.2 Å². The summed E-state index contributed by atoms with van der Waals surface area (Å²) in [6.07, 6.45) is -2.32. The monoisotopic (exact) mass is 402 g/mol. The summed E-state index contributed by atoms with van der Waals surface area (Å²) in [5, 5.41) is 7.02. The van der Waals surface area contributed by atoms with Gasteiger partial charge in [-0.2, -0.15) is 18.3 Å². The van der Waals surface area contributed by atoms with Crippen LogP contribution < -0.4 is 5.32 Å². The van der Waals surface area contributed by atoms with Gasteiger partial charge < -0.3 is 5.32 Å². The summed E-state index contributed by atoms with van der Waals surface area (Å²) in [4.78, 5) is 16.5. The Morgan fingerprint density at radius 3 is 2.31 bits per heavy atom. The predicted octanol–water partition coefficient (Wildman–Crippen LogP) is 4.30. The lowest BCUT2D eigenvalue weighted by molar-refractivity contribution is -0.137. The number of nitrogens with zero attached hydrogens (tertiary/aromatic N) is 3. The Kier molecular flexibility index (Phi) is 5.46. The van der Waals surface area contributed by atoms with E-state index in [2.05, 4.69) is 15.4 Å². The first-order valence-electron chi connectivity index (χ1n) is 9.01. The summed E-state index contributed by atoms with van der Waals surface area (Å²) in [6, 6.07) is 12.0. The minimum atomic E-state index is -4.46. The summed E-state index contributed by atoms with van der Waals surface area (Å²) >= 11 is 0. The third-order valence-electron chi connectivity index (χ3n) is 4.79. The lowest BCUT2D eigenvalue weighted by Crippen LogP contribution is -2.36. The lowest BCUT2D eigenvalue weighted by Gasteiger charge is -2.25. The number of nitrogens with one attached hydrogen (secondary N) is 1. The van der Waals surface area contributed by atoms with Gasteiger partial charge in [-0.1, -0.05) is 44.2 Å². The number of amides is 1. The van der Waals surface area contributed by atoms with Crippen molar-refractivity contribution in [3.8, 4) is 5.82 Å². The maximum absolute atomic E-state index is 12.7. The van der Waals surface area contributed by atoms with Crippen LogP contribution in [-0.2, 0) is 11.6 Å². The molecule has 2 aromatic heterocycles. The first-order valence-corrected chi connectivity index (χ1v) is 9.01. The van der Waals surface area contributed by atoms with Gasteiger partial charge in [-0.15, -0.1) is 0 Å². The number of halogens is 3. The minimum absolute atomic E-state index is 0.208. The molecule has 0 fully saturated rings. The van der Waals surface area contributed by atoms with Crippen LogP contribution >= 0.6 is 0 Å². The van der Waals surface area contributed by atoms with Crippen molar-refractivity contribution in [2.45, 2.75) is 32.4 Å². The molecule has 0 bridgehead atoms. The second kappa shape index (κ2) is 7.69. The molecule has 8 heteroatoms. The Morgan fingerprint density at radius 1 is 1.03 bits per heavy atom. The van der Waals surface area contributed by atoms with Crippen molar-refractivity contribution < 1.29 is 18.0 Å². The molecule has 0 unspecified atom stereocenters. The van der Waals surface area contributed by atoms with Crippen LogP contribution in [0, 0.1) is 6.92 Å². The van der Waals surface area contributed by atoms with Gasteiger partial charge in [-0.3, -0.25) is 4.79 Å². The number of hydrogen-bond acceptors (Lipinski definition) is 3. The number of hydrogen-bond donors (Lipinski definition) is 1. The van der Waals surface area contributed by atoms with Crippen molar-refractivity contribution in [1.29, 1.82) is 0 Å². The Labute approximate surface area is 166 Å². The van der Waals surface area contributed by atoms with Gasteiger partial charge in [0.05, 0.1) is 23.0 Å². The molecule has 0 spiro atoms. The number of aromatic nitrogens is 3. The second-order valence-corrected chi connectivity index (χ2v) is 7.39. The molecule has 5 nitrogen and oxygen atoms in total. The van der Waals surface area contributed by atoms with E-state index in [9.17, 15) is 18.0 Å². The van der Waals surface area contributed by atoms with Crippen LogP contribution in [0.2, 0.25) is 0 Å². The molecule has 0 aliphatic heterocycles. The number of alkyl halides is 3. The molecule has 0 radical (unpaired) electrons. The van der Waals surface area contributed by atoms with E-state index in [4.69, 9.17) is 0 Å². The molecule has 0 atom stereocenters. The van der Waals surface area contributed by atoms with Gasteiger partial charge in [0.2, 0.25) is 0 Å². The topological polar surface area (TPSA) is 59.8 Å². The Balaban J connectivity index is 1.74. The average Bonchev–Trinajstić information content (AvgIpc) is 3.08. The Bertz CT molecular complexity index is 993. The SMILES string of the molecule is Cc1c(C(=O)NCC(C)(C)c2ccccc2)cnn1-c1ccc(C(F)(F)F)cn1. The van der Waals surface area contributed by atoms with Gasteiger partial charge in [0, 0.05) is 18.2 Å². The summed E-state index contributed by atoms with van der Waals surface area (Å²) in [5.74, 6) is -0.0937. The number of carbonyl (C=O) groups excluding carboxylic acids is 1. The quantitative estimate of drug-likeness (QED) is 0.692. The highest BCUT2D eigenvalue weighted by atomic mass is 19.4. The molecule has 1 N–H and O–H groups in total. The maximum Gasteiger partial charge on any atom is 0.417 e. The van der Waals surface area contributed by atoms with E-state index >= 15 is 0 Å². The van der Waals surface area contributed by atoms with Gasteiger partial charge >= 0.3 is 6.18 Å². The molecular formula is C21H21F3N4O. The van der Waals surface area contributed by atoms with Gasteiger partial charge in [0.1, 0.15) is 0 Å². The molecule has 0 saturated heterocycles. The van der Waals surface area contributed by atoms with Crippen molar-refractivity contribution in [1.82, 2.24) is 20.1 Å². The molecule has 3 aromatic rings. The summed E-state index contributed by atoms with van der Waals surface area (Å²) in [6.45, 7) is 6.15. The van der Waals surface area contributed by atoms with E-state index in [0.29, 0.717) is 17.8 Å². The molecular weight excluding hydrogens is 381 g/mol. The largest absolute Gasteiger partial charge is 0.417 e. The van der Waals surface area contributed by atoms with E-state index in [1.165, 1.54) is 16.9 Å². The van der Waals surface area contributed by atoms with Crippen molar-refractivity contribution in [2.75, 3.05) is 6.54 Å². The standard InChI is InChI=1S/C21H21F3N4O/c1-14-17(19(29)26-13-20(2,3)15-7-5-4-6-8-15)12-27-28(14)18-10-9-16(11-25-18)21(22,23)24/h4-12H,13H2,1-3H3,(H,26,29). The fourth-order valence-corrected chi connectivity index (χ4v) is 2.93. The summed E-state index contributed by atoms with van der Waals surface area (Å²) < 4.78 is 39.4. The average molecular weight is 402 g/mol. The van der Waals surface area contributed by atoms with Crippen LogP contribution in [0.1, 0.15) is 41.0 Å². The third-order valence-corrected chi connectivity index (χ3v) is 4.79.